The Kier molecular flexibility index (Phi) is 5.13. The minimum atomic E-state index is -0.662. The van der Waals surface area contributed by atoms with E-state index in [2.05, 4.69) is 29.4 Å². The summed E-state index contributed by atoms with van der Waals surface area (Å²) in [5.41, 5.74) is 1.55. The molecule has 0 saturated heterocycles. The van der Waals surface area contributed by atoms with Gasteiger partial charge in [0.15, 0.2) is 0 Å². The molecule has 6 heteroatoms. The largest absolute Gasteiger partial charge is 0.355 e. The predicted molar refractivity (Wildman–Crippen MR) is 103 cm³/mol. The molecular weight excluding hydrogens is 360 g/mol. The quantitative estimate of drug-likeness (QED) is 0.821. The van der Waals surface area contributed by atoms with E-state index >= 15 is 0 Å². The van der Waals surface area contributed by atoms with Crippen molar-refractivity contribution in [3.05, 3.63) is 47.2 Å². The number of hydrogen-bond donors (Lipinski definition) is 1. The first-order valence-electron chi connectivity index (χ1n) is 10.0. The zero-order chi connectivity index (χ0) is 19.8. The van der Waals surface area contributed by atoms with Crippen LogP contribution in [0.5, 0.6) is 0 Å². The number of carbonyl (C=O) groups excluding carboxylic acids is 1. The number of fused-ring (bicyclic) bond motifs is 1. The predicted octanol–water partition coefficient (Wildman–Crippen LogP) is 4.57. The van der Waals surface area contributed by atoms with Gasteiger partial charge in [-0.3, -0.25) is 4.79 Å². The second-order valence-electron chi connectivity index (χ2n) is 8.34. The fraction of sp³-hybridized carbons (Fsp3) is 0.500. The highest BCUT2D eigenvalue weighted by Gasteiger charge is 2.36. The number of aromatic nitrogens is 2. The number of rotatable bonds is 5. The molecule has 4 nitrogen and oxygen atoms in total. The summed E-state index contributed by atoms with van der Waals surface area (Å²) in [7, 11) is 0. The summed E-state index contributed by atoms with van der Waals surface area (Å²) in [6.45, 7) is 4.95. The Hall–Kier alpha value is -2.37. The second-order valence-corrected chi connectivity index (χ2v) is 8.34. The van der Waals surface area contributed by atoms with Crippen LogP contribution in [-0.2, 0) is 4.79 Å². The summed E-state index contributed by atoms with van der Waals surface area (Å²) >= 11 is 0. The van der Waals surface area contributed by atoms with Gasteiger partial charge in [-0.2, -0.15) is 5.10 Å². The van der Waals surface area contributed by atoms with E-state index in [-0.39, 0.29) is 29.0 Å². The van der Waals surface area contributed by atoms with Crippen LogP contribution in [-0.4, -0.2) is 22.6 Å². The molecule has 1 fully saturated rings. The third-order valence-electron chi connectivity index (χ3n) is 5.95. The molecule has 4 rings (SSSR count). The van der Waals surface area contributed by atoms with Crippen LogP contribution >= 0.6 is 0 Å². The number of carbonyl (C=O) groups is 1. The molecule has 28 heavy (non-hydrogen) atoms. The average molecular weight is 385 g/mol. The molecule has 0 bridgehead atoms. The topological polar surface area (TPSA) is 54.9 Å². The highest BCUT2D eigenvalue weighted by Crippen LogP contribution is 2.42. The first-order valence-corrected chi connectivity index (χ1v) is 10.0. The van der Waals surface area contributed by atoms with E-state index < -0.39 is 11.6 Å². The minimum Gasteiger partial charge on any atom is -0.355 e. The molecule has 1 aromatic heterocycles. The van der Waals surface area contributed by atoms with Crippen molar-refractivity contribution in [3.63, 3.8) is 0 Å². The first kappa shape index (κ1) is 19.0. The number of benzene rings is 1. The molecule has 1 N–H and O–H groups in total. The van der Waals surface area contributed by atoms with Gasteiger partial charge in [-0.15, -0.1) is 5.10 Å². The molecule has 2 atom stereocenters. The van der Waals surface area contributed by atoms with Crippen LogP contribution in [0.4, 0.5) is 8.78 Å². The van der Waals surface area contributed by atoms with E-state index in [0.717, 1.165) is 12.0 Å². The van der Waals surface area contributed by atoms with E-state index in [1.54, 1.807) is 6.07 Å². The molecule has 0 radical (unpaired) electrons. The summed E-state index contributed by atoms with van der Waals surface area (Å²) in [6.07, 6.45) is 3.91. The number of amides is 1. The third-order valence-corrected chi connectivity index (χ3v) is 5.95. The van der Waals surface area contributed by atoms with Crippen LogP contribution in [0, 0.1) is 23.5 Å². The van der Waals surface area contributed by atoms with Crippen LogP contribution in [0.1, 0.15) is 62.6 Å². The molecule has 0 spiro atoms. The van der Waals surface area contributed by atoms with E-state index in [0.29, 0.717) is 30.5 Å². The van der Waals surface area contributed by atoms with Gasteiger partial charge in [0.25, 0.3) is 0 Å². The average Bonchev–Trinajstić information content (AvgIpc) is 3.49. The Bertz CT molecular complexity index is 875. The smallest absolute Gasteiger partial charge is 0.229 e. The van der Waals surface area contributed by atoms with Crippen molar-refractivity contribution < 1.29 is 13.6 Å². The summed E-state index contributed by atoms with van der Waals surface area (Å²) in [5, 5.41) is 11.5. The molecule has 2 aliphatic rings. The monoisotopic (exact) mass is 385 g/mol. The Balaban J connectivity index is 1.71. The minimum absolute atomic E-state index is 0.0190. The lowest BCUT2D eigenvalue weighted by Crippen LogP contribution is -2.34. The molecule has 2 aliphatic carbocycles. The second kappa shape index (κ2) is 7.57. The Morgan fingerprint density at radius 1 is 1.14 bits per heavy atom. The highest BCUT2D eigenvalue weighted by molar-refractivity contribution is 5.84. The first-order chi connectivity index (χ1) is 13.5. The van der Waals surface area contributed by atoms with Crippen LogP contribution in [0.3, 0.4) is 0 Å². The fourth-order valence-electron chi connectivity index (χ4n) is 4.12. The summed E-state index contributed by atoms with van der Waals surface area (Å²) < 4.78 is 28.5. The molecule has 1 unspecified atom stereocenters. The number of hydrogen-bond acceptors (Lipinski definition) is 3. The van der Waals surface area contributed by atoms with Gasteiger partial charge in [-0.1, -0.05) is 19.9 Å². The zero-order valence-electron chi connectivity index (χ0n) is 16.2. The van der Waals surface area contributed by atoms with Crippen LogP contribution in [0.25, 0.3) is 11.3 Å². The molecule has 1 amide bonds. The van der Waals surface area contributed by atoms with Crippen LogP contribution in [0.15, 0.2) is 24.3 Å². The van der Waals surface area contributed by atoms with Gasteiger partial charge in [0.05, 0.1) is 22.9 Å². The van der Waals surface area contributed by atoms with E-state index in [9.17, 15) is 13.6 Å². The standard InChI is InChI=1S/C22H25F2N3O/c1-12(2)14-8-9-15(22(28)25-11-13-6-7-13)21-16(14)10-19(26-27-21)20-17(23)4-3-5-18(20)24/h3-5,10,12-15H,6-9,11H2,1-2H3,(H,25,28)/t14-,15?/m0/s1. The number of nitrogens with zero attached hydrogens (tertiary/aromatic N) is 2. The third kappa shape index (κ3) is 3.64. The van der Waals surface area contributed by atoms with E-state index in [1.807, 2.05) is 0 Å². The van der Waals surface area contributed by atoms with Gasteiger partial charge in [-0.05, 0) is 67.2 Å². The fourth-order valence-corrected chi connectivity index (χ4v) is 4.12. The highest BCUT2D eigenvalue weighted by atomic mass is 19.1. The van der Waals surface area contributed by atoms with Crippen molar-refractivity contribution in [1.82, 2.24) is 15.5 Å². The maximum Gasteiger partial charge on any atom is 0.229 e. The Morgan fingerprint density at radius 3 is 2.50 bits per heavy atom. The summed E-state index contributed by atoms with van der Waals surface area (Å²) in [4.78, 5) is 12.7. The molecular formula is C22H25F2N3O. The van der Waals surface area contributed by atoms with Crippen molar-refractivity contribution >= 4 is 5.91 Å². The van der Waals surface area contributed by atoms with E-state index in [4.69, 9.17) is 0 Å². The molecule has 0 aliphatic heterocycles. The summed E-state index contributed by atoms with van der Waals surface area (Å²) in [5.74, 6) is -0.573. The lowest BCUT2D eigenvalue weighted by Gasteiger charge is -2.32. The molecule has 2 aromatic rings. The Morgan fingerprint density at radius 2 is 1.86 bits per heavy atom. The van der Waals surface area contributed by atoms with Gasteiger partial charge in [0, 0.05) is 6.54 Å². The van der Waals surface area contributed by atoms with Gasteiger partial charge >= 0.3 is 0 Å². The van der Waals surface area contributed by atoms with Crippen molar-refractivity contribution in [3.8, 4) is 11.3 Å². The zero-order valence-corrected chi connectivity index (χ0v) is 16.2. The van der Waals surface area contributed by atoms with Crippen molar-refractivity contribution in [2.75, 3.05) is 6.54 Å². The van der Waals surface area contributed by atoms with Crippen LogP contribution < -0.4 is 5.32 Å². The van der Waals surface area contributed by atoms with Gasteiger partial charge < -0.3 is 5.32 Å². The van der Waals surface area contributed by atoms with Crippen molar-refractivity contribution in [1.29, 1.82) is 0 Å². The van der Waals surface area contributed by atoms with Crippen molar-refractivity contribution in [2.24, 2.45) is 11.8 Å². The summed E-state index contributed by atoms with van der Waals surface area (Å²) in [6, 6.07) is 5.49. The lowest BCUT2D eigenvalue weighted by molar-refractivity contribution is -0.123. The number of nitrogens with one attached hydrogen (secondary N) is 1. The molecule has 1 saturated carbocycles. The SMILES string of the molecule is CC(C)[C@@H]1CCC(C(=O)NCC2CC2)c2nnc(-c3c(F)cccc3F)cc21. The van der Waals surface area contributed by atoms with Gasteiger partial charge in [0.1, 0.15) is 11.6 Å². The normalized spacial score (nSPS) is 21.5. The van der Waals surface area contributed by atoms with Crippen molar-refractivity contribution in [2.45, 2.75) is 51.4 Å². The van der Waals surface area contributed by atoms with Crippen LogP contribution in [0.2, 0.25) is 0 Å². The van der Waals surface area contributed by atoms with Gasteiger partial charge in [-0.25, -0.2) is 8.78 Å². The molecule has 148 valence electrons. The number of halogens is 2. The Labute approximate surface area is 163 Å². The lowest BCUT2D eigenvalue weighted by atomic mass is 9.74. The maximum absolute atomic E-state index is 14.2. The molecule has 1 heterocycles. The van der Waals surface area contributed by atoms with Gasteiger partial charge in [0.2, 0.25) is 5.91 Å². The maximum atomic E-state index is 14.2. The van der Waals surface area contributed by atoms with E-state index in [1.165, 1.54) is 31.0 Å². The molecule has 1 aromatic carbocycles.